The number of rotatable bonds is 9. The van der Waals surface area contributed by atoms with Crippen LogP contribution in [0.5, 0.6) is 0 Å². The highest BCUT2D eigenvalue weighted by molar-refractivity contribution is 6.48. The third-order valence-electron chi connectivity index (χ3n) is 4.17. The van der Waals surface area contributed by atoms with Gasteiger partial charge in [-0.3, -0.25) is 0 Å². The van der Waals surface area contributed by atoms with E-state index in [1.165, 1.54) is 7.11 Å². The molecular formula is C20H31N4O3Si. The van der Waals surface area contributed by atoms with E-state index in [2.05, 4.69) is 54.1 Å². The average Bonchev–Trinajstić information content (AvgIpc) is 3.14. The lowest BCUT2D eigenvalue weighted by molar-refractivity contribution is 0.0591. The lowest BCUT2D eigenvalue weighted by Gasteiger charge is -2.33. The van der Waals surface area contributed by atoms with Crippen molar-refractivity contribution in [3.05, 3.63) is 47.3 Å². The summed E-state index contributed by atoms with van der Waals surface area (Å²) in [6, 6.07) is 3.82. The van der Waals surface area contributed by atoms with Crippen LogP contribution in [0.15, 0.2) is 24.7 Å². The van der Waals surface area contributed by atoms with Crippen molar-refractivity contribution in [2.24, 2.45) is 5.41 Å². The number of imidazole rings is 1. The van der Waals surface area contributed by atoms with E-state index >= 15 is 0 Å². The van der Waals surface area contributed by atoms with Crippen molar-refractivity contribution in [2.45, 2.75) is 52.9 Å². The fourth-order valence-corrected chi connectivity index (χ4v) is 3.86. The first-order chi connectivity index (χ1) is 13.2. The molecule has 1 atom stereocenters. The minimum absolute atomic E-state index is 0.109. The summed E-state index contributed by atoms with van der Waals surface area (Å²) in [5, 5.41) is 3.37. The number of H-pyrrole nitrogens is 1. The fourth-order valence-electron chi connectivity index (χ4n) is 2.90. The molecule has 7 nitrogen and oxygen atoms in total. The van der Waals surface area contributed by atoms with E-state index in [0.29, 0.717) is 12.2 Å². The number of aromatic amines is 1. The quantitative estimate of drug-likeness (QED) is 0.379. The molecule has 2 rings (SSSR count). The third-order valence-corrected chi connectivity index (χ3v) is 4.88. The Hall–Kier alpha value is -2.03. The summed E-state index contributed by atoms with van der Waals surface area (Å²) >= 11 is 0. The van der Waals surface area contributed by atoms with E-state index in [9.17, 15) is 4.79 Å². The van der Waals surface area contributed by atoms with Crippen LogP contribution in [0.1, 0.15) is 54.3 Å². The molecule has 2 aromatic rings. The Morgan fingerprint density at radius 3 is 2.64 bits per heavy atom. The summed E-state index contributed by atoms with van der Waals surface area (Å²) < 4.78 is 11.2. The van der Waals surface area contributed by atoms with Gasteiger partial charge in [-0.1, -0.05) is 20.8 Å². The first kappa shape index (κ1) is 22.3. The summed E-state index contributed by atoms with van der Waals surface area (Å²) in [7, 11) is 0.450. The van der Waals surface area contributed by atoms with E-state index in [1.807, 2.05) is 12.3 Å². The largest absolute Gasteiger partial charge is 0.464 e. The van der Waals surface area contributed by atoms with Gasteiger partial charge in [0, 0.05) is 31.4 Å². The number of methoxy groups -OCH3 is 1. The zero-order valence-corrected chi connectivity index (χ0v) is 18.6. The van der Waals surface area contributed by atoms with Crippen LogP contribution in [-0.4, -0.2) is 43.6 Å². The maximum atomic E-state index is 12.1. The molecule has 0 aliphatic rings. The molecule has 28 heavy (non-hydrogen) atoms. The maximum Gasteiger partial charge on any atom is 0.356 e. The van der Waals surface area contributed by atoms with Gasteiger partial charge in [0.1, 0.15) is 5.69 Å². The Balaban J connectivity index is 2.21. The Kier molecular flexibility index (Phi) is 7.91. The zero-order valence-electron chi connectivity index (χ0n) is 17.6. The number of aromatic nitrogens is 3. The van der Waals surface area contributed by atoms with Crippen LogP contribution in [-0.2, 0) is 22.1 Å². The van der Waals surface area contributed by atoms with Gasteiger partial charge in [-0.05, 0) is 36.2 Å². The molecule has 8 heteroatoms. The van der Waals surface area contributed by atoms with Crippen LogP contribution in [0.4, 0.5) is 0 Å². The van der Waals surface area contributed by atoms with Crippen LogP contribution in [0, 0.1) is 5.41 Å². The summed E-state index contributed by atoms with van der Waals surface area (Å²) in [5.74, 6) is -0.438. The molecule has 2 N–H and O–H groups in total. The predicted octanol–water partition coefficient (Wildman–Crippen LogP) is 3.28. The van der Waals surface area contributed by atoms with Crippen LogP contribution in [0.2, 0.25) is 13.1 Å². The van der Waals surface area contributed by atoms with Crippen LogP contribution < -0.4 is 5.32 Å². The van der Waals surface area contributed by atoms with Crippen molar-refractivity contribution in [1.29, 1.82) is 0 Å². The van der Waals surface area contributed by atoms with Crippen molar-refractivity contribution in [3.63, 3.8) is 0 Å². The van der Waals surface area contributed by atoms with Gasteiger partial charge >= 0.3 is 5.97 Å². The first-order valence-corrected chi connectivity index (χ1v) is 11.9. The Labute approximate surface area is 169 Å². The second kappa shape index (κ2) is 9.95. The zero-order chi connectivity index (χ0) is 20.7. The number of nitrogens with one attached hydrogen (secondary N) is 2. The van der Waals surface area contributed by atoms with E-state index < -0.39 is 15.0 Å². The molecule has 1 unspecified atom stereocenters. The molecule has 0 saturated carbocycles. The van der Waals surface area contributed by atoms with E-state index in [4.69, 9.17) is 9.16 Å². The molecule has 0 fully saturated rings. The third kappa shape index (κ3) is 6.54. The summed E-state index contributed by atoms with van der Waals surface area (Å²) in [4.78, 5) is 23.7. The molecule has 0 spiro atoms. The molecule has 2 aromatic heterocycles. The lowest BCUT2D eigenvalue weighted by Crippen LogP contribution is -2.27. The second-order valence-electron chi connectivity index (χ2n) is 8.04. The van der Waals surface area contributed by atoms with Crippen LogP contribution in [0.25, 0.3) is 0 Å². The highest BCUT2D eigenvalue weighted by Gasteiger charge is 2.29. The summed E-state index contributed by atoms with van der Waals surface area (Å²) in [6.07, 6.45) is 4.21. The van der Waals surface area contributed by atoms with Gasteiger partial charge in [-0.25, -0.2) is 14.8 Å². The van der Waals surface area contributed by atoms with Gasteiger partial charge in [0.15, 0.2) is 0 Å². The number of ether oxygens (including phenoxy) is 1. The SMILES string of the molecule is COC(=O)c1cc(C(O[Si](C)C)C(C)(C)C)cc(CNCCc2cnc[nH]2)n1. The molecule has 0 aliphatic carbocycles. The second-order valence-corrected chi connectivity index (χ2v) is 10.1. The standard InChI is InChI=1S/C20H31N4O3Si/c1-20(2,3)18(27-28(5)6)14-9-16(24-17(10-14)19(25)26-4)12-21-8-7-15-11-22-13-23-15/h9-11,13,18,21H,7-8,12H2,1-6H3,(H,22,23). The monoisotopic (exact) mass is 403 g/mol. The lowest BCUT2D eigenvalue weighted by atomic mass is 9.84. The van der Waals surface area contributed by atoms with E-state index in [0.717, 1.165) is 29.9 Å². The van der Waals surface area contributed by atoms with Crippen molar-refractivity contribution < 1.29 is 14.0 Å². The minimum Gasteiger partial charge on any atom is -0.464 e. The predicted molar refractivity (Wildman–Crippen MR) is 110 cm³/mol. The van der Waals surface area contributed by atoms with Crippen molar-refractivity contribution in [1.82, 2.24) is 20.3 Å². The number of hydrogen-bond donors (Lipinski definition) is 2. The normalized spacial score (nSPS) is 13.0. The average molecular weight is 404 g/mol. The van der Waals surface area contributed by atoms with Crippen molar-refractivity contribution in [2.75, 3.05) is 13.7 Å². The van der Waals surface area contributed by atoms with Gasteiger partial charge in [0.05, 0.1) is 25.2 Å². The first-order valence-electron chi connectivity index (χ1n) is 9.44. The highest BCUT2D eigenvalue weighted by Crippen LogP contribution is 2.37. The number of carbonyl (C=O) groups is 1. The molecule has 2 heterocycles. The van der Waals surface area contributed by atoms with E-state index in [1.54, 1.807) is 12.4 Å². The van der Waals surface area contributed by atoms with Crippen molar-refractivity contribution >= 4 is 15.0 Å². The molecule has 0 amide bonds. The molecule has 0 aromatic carbocycles. The van der Waals surface area contributed by atoms with Crippen molar-refractivity contribution in [3.8, 4) is 0 Å². The van der Waals surface area contributed by atoms with Crippen LogP contribution in [0.3, 0.4) is 0 Å². The van der Waals surface area contributed by atoms with E-state index in [-0.39, 0.29) is 11.5 Å². The molecule has 153 valence electrons. The molecular weight excluding hydrogens is 372 g/mol. The smallest absolute Gasteiger partial charge is 0.356 e. The van der Waals surface area contributed by atoms with Gasteiger partial charge in [-0.2, -0.15) is 0 Å². The molecule has 0 saturated heterocycles. The van der Waals surface area contributed by atoms with Gasteiger partial charge in [0.2, 0.25) is 9.04 Å². The molecule has 0 bridgehead atoms. The van der Waals surface area contributed by atoms with Gasteiger partial charge in [0.25, 0.3) is 0 Å². The maximum absolute atomic E-state index is 12.1. The topological polar surface area (TPSA) is 89.1 Å². The number of hydrogen-bond acceptors (Lipinski definition) is 6. The number of nitrogens with zero attached hydrogens (tertiary/aromatic N) is 2. The number of pyridine rings is 1. The molecule has 1 radical (unpaired) electrons. The van der Waals surface area contributed by atoms with Gasteiger partial charge < -0.3 is 19.5 Å². The summed E-state index contributed by atoms with van der Waals surface area (Å²) in [6.45, 7) is 12.0. The van der Waals surface area contributed by atoms with Crippen LogP contribution >= 0.6 is 0 Å². The Bertz CT molecular complexity index is 757. The number of esters is 1. The fraction of sp³-hybridized carbons (Fsp3) is 0.550. The highest BCUT2D eigenvalue weighted by atomic mass is 28.3. The Morgan fingerprint density at radius 2 is 2.07 bits per heavy atom. The number of carbonyl (C=O) groups excluding carboxylic acids is 1. The van der Waals surface area contributed by atoms with Gasteiger partial charge in [-0.15, -0.1) is 0 Å². The minimum atomic E-state index is -0.921. The molecule has 0 aliphatic heterocycles. The Morgan fingerprint density at radius 1 is 1.32 bits per heavy atom. The summed E-state index contributed by atoms with van der Waals surface area (Å²) in [5.41, 5.74) is 3.03.